The molecule has 0 spiro atoms. The monoisotopic (exact) mass is 643 g/mol. The van der Waals surface area contributed by atoms with Crippen LogP contribution in [0.25, 0.3) is 5.65 Å². The number of aromatic nitrogens is 2. The molecule has 3 heterocycles. The number of hydrogen-bond donors (Lipinski definition) is 1. The molecule has 1 N–H and O–H groups in total. The van der Waals surface area contributed by atoms with E-state index in [1.54, 1.807) is 47.9 Å². The molecule has 9 nitrogen and oxygen atoms in total. The van der Waals surface area contributed by atoms with E-state index in [9.17, 15) is 13.2 Å². The molecule has 0 atom stereocenters. The lowest BCUT2D eigenvalue weighted by Gasteiger charge is -2.22. The van der Waals surface area contributed by atoms with Crippen molar-refractivity contribution in [2.75, 3.05) is 0 Å². The zero-order valence-corrected chi connectivity index (χ0v) is 25.5. The van der Waals surface area contributed by atoms with Crippen molar-refractivity contribution >= 4 is 62.6 Å². The van der Waals surface area contributed by atoms with Gasteiger partial charge in [0.05, 0.1) is 33.4 Å². The Morgan fingerprint density at radius 1 is 1.00 bits per heavy atom. The minimum atomic E-state index is -3.97. The summed E-state index contributed by atoms with van der Waals surface area (Å²) in [5, 5.41) is 5.10. The number of nitrogens with one attached hydrogen (secondary N) is 1. The summed E-state index contributed by atoms with van der Waals surface area (Å²) in [7, 11) is -3.97. The largest absolute Gasteiger partial charge is 0.459 e. The molecule has 0 saturated carbocycles. The summed E-state index contributed by atoms with van der Waals surface area (Å²) >= 11 is 18.2. The van der Waals surface area contributed by atoms with Gasteiger partial charge in [-0.15, -0.1) is 0 Å². The first-order valence-corrected chi connectivity index (χ1v) is 15.2. The highest BCUT2D eigenvalue weighted by Crippen LogP contribution is 2.27. The van der Waals surface area contributed by atoms with E-state index in [4.69, 9.17) is 39.2 Å². The molecule has 0 fully saturated rings. The van der Waals surface area contributed by atoms with Gasteiger partial charge >= 0.3 is 0 Å². The van der Waals surface area contributed by atoms with Crippen molar-refractivity contribution in [1.82, 2.24) is 19.1 Å². The predicted octanol–water partition coefficient (Wildman–Crippen LogP) is 6.66. The first kappa shape index (κ1) is 29.8. The molecule has 1 amide bonds. The van der Waals surface area contributed by atoms with Gasteiger partial charge in [0.1, 0.15) is 22.9 Å². The lowest BCUT2D eigenvalue weighted by molar-refractivity contribution is 0.0948. The molecular formula is C29H24Cl3N5O4S. The first-order chi connectivity index (χ1) is 20.0. The Bertz CT molecular complexity index is 1920. The van der Waals surface area contributed by atoms with Crippen LogP contribution in [0, 0.1) is 13.8 Å². The number of fused-ring (bicyclic) bond motifs is 1. The number of amides is 1. The fraction of sp³-hybridized carbons (Fsp3) is 0.138. The average molecular weight is 645 g/mol. The molecule has 5 aromatic rings. The van der Waals surface area contributed by atoms with Crippen molar-refractivity contribution in [2.45, 2.75) is 31.8 Å². The summed E-state index contributed by atoms with van der Waals surface area (Å²) < 4.78 is 36.0. The van der Waals surface area contributed by atoms with E-state index in [1.807, 2.05) is 19.1 Å². The number of imidazole rings is 1. The van der Waals surface area contributed by atoms with Crippen LogP contribution in [0.1, 0.15) is 38.8 Å². The molecule has 42 heavy (non-hydrogen) atoms. The minimum Gasteiger partial charge on any atom is -0.459 e. The number of sulfonamides is 1. The second-order valence-corrected chi connectivity index (χ2v) is 12.6. The van der Waals surface area contributed by atoms with Gasteiger partial charge in [0.15, 0.2) is 0 Å². The summed E-state index contributed by atoms with van der Waals surface area (Å²) in [6.45, 7) is 3.61. The maximum atomic E-state index is 13.6. The second kappa shape index (κ2) is 12.3. The smallest absolute Gasteiger partial charge is 0.290 e. The molecule has 0 radical (unpaired) electrons. The van der Waals surface area contributed by atoms with Crippen molar-refractivity contribution in [1.29, 1.82) is 0 Å². The number of carbonyl (C=O) groups excluding carboxylic acids is 1. The quantitative estimate of drug-likeness (QED) is 0.143. The van der Waals surface area contributed by atoms with E-state index in [2.05, 4.69) is 15.5 Å². The summed E-state index contributed by atoms with van der Waals surface area (Å²) in [6, 6.07) is 17.9. The normalized spacial score (nSPS) is 12.0. The topological polar surface area (TPSA) is 109 Å². The number of hydrogen-bond acceptors (Lipinski definition) is 6. The predicted molar refractivity (Wildman–Crippen MR) is 163 cm³/mol. The fourth-order valence-electron chi connectivity index (χ4n) is 4.29. The number of aryl methyl sites for hydroxylation is 2. The van der Waals surface area contributed by atoms with E-state index in [0.717, 1.165) is 5.56 Å². The third kappa shape index (κ3) is 6.53. The van der Waals surface area contributed by atoms with Gasteiger partial charge in [0.2, 0.25) is 10.0 Å². The molecule has 0 aliphatic heterocycles. The highest BCUT2D eigenvalue weighted by atomic mass is 35.5. The van der Waals surface area contributed by atoms with Gasteiger partial charge in [0, 0.05) is 17.8 Å². The lowest BCUT2D eigenvalue weighted by Crippen LogP contribution is -2.30. The zero-order chi connectivity index (χ0) is 30.0. The van der Waals surface area contributed by atoms with Crippen LogP contribution in [0.15, 0.2) is 87.3 Å². The van der Waals surface area contributed by atoms with Gasteiger partial charge in [-0.25, -0.2) is 18.8 Å². The lowest BCUT2D eigenvalue weighted by atomic mass is 10.2. The Kier molecular flexibility index (Phi) is 8.72. The fourth-order valence-corrected chi connectivity index (χ4v) is 6.13. The number of benzene rings is 2. The number of pyridine rings is 1. The van der Waals surface area contributed by atoms with E-state index < -0.39 is 15.9 Å². The molecule has 2 aromatic carbocycles. The molecule has 0 saturated heterocycles. The molecule has 0 aliphatic carbocycles. The summed E-state index contributed by atoms with van der Waals surface area (Å²) in [5.41, 5.74) is 5.76. The molecule has 0 unspecified atom stereocenters. The summed E-state index contributed by atoms with van der Waals surface area (Å²) in [5.74, 6) is 0.233. The maximum Gasteiger partial charge on any atom is 0.290 e. The Labute approximate surface area is 257 Å². The number of carbonyl (C=O) groups is 1. The molecule has 216 valence electrons. The second-order valence-electron chi connectivity index (χ2n) is 9.46. The molecule has 3 aromatic heterocycles. The van der Waals surface area contributed by atoms with E-state index >= 15 is 0 Å². The number of rotatable bonds is 9. The molecular weight excluding hydrogens is 621 g/mol. The van der Waals surface area contributed by atoms with Crippen LogP contribution in [0.2, 0.25) is 15.1 Å². The third-order valence-electron chi connectivity index (χ3n) is 6.34. The van der Waals surface area contributed by atoms with Crippen molar-refractivity contribution in [3.05, 3.63) is 122 Å². The SMILES string of the molecule is Cc1ccn2c(C(=O)N/N=C/c3ccc(CN(Cc4ccc(Cl)c(Cl)c4)S(=O)(=O)c4ccc(Cl)cc4)o3)c(C)nc2c1. The molecule has 13 heteroatoms. The van der Waals surface area contributed by atoms with Crippen molar-refractivity contribution in [3.8, 4) is 0 Å². The summed E-state index contributed by atoms with van der Waals surface area (Å²) in [4.78, 5) is 17.3. The Morgan fingerprint density at radius 2 is 1.76 bits per heavy atom. The highest BCUT2D eigenvalue weighted by Gasteiger charge is 2.26. The Balaban J connectivity index is 1.34. The van der Waals surface area contributed by atoms with Crippen LogP contribution in [0.5, 0.6) is 0 Å². The summed E-state index contributed by atoms with van der Waals surface area (Å²) in [6.07, 6.45) is 3.12. The van der Waals surface area contributed by atoms with Crippen LogP contribution in [0.3, 0.4) is 0 Å². The van der Waals surface area contributed by atoms with Crippen molar-refractivity contribution in [3.63, 3.8) is 0 Å². The Hall–Kier alpha value is -3.67. The van der Waals surface area contributed by atoms with Gasteiger partial charge < -0.3 is 4.42 Å². The standard InChI is InChI=1S/C29H24Cl3N5O4S/c1-18-11-12-37-27(13-18)34-19(2)28(37)29(38)35-33-15-22-6-7-23(41-22)17-36(16-20-3-10-25(31)26(32)14-20)42(39,40)24-8-4-21(30)5-9-24/h3-15H,16-17H2,1-2H3,(H,35,38)/b33-15+. The van der Waals surface area contributed by atoms with E-state index in [-0.39, 0.29) is 18.0 Å². The third-order valence-corrected chi connectivity index (χ3v) is 9.13. The maximum absolute atomic E-state index is 13.6. The number of halogens is 3. The minimum absolute atomic E-state index is 0.000208. The van der Waals surface area contributed by atoms with Crippen molar-refractivity contribution in [2.24, 2.45) is 5.10 Å². The van der Waals surface area contributed by atoms with Gasteiger partial charge in [-0.2, -0.15) is 9.41 Å². The first-order valence-electron chi connectivity index (χ1n) is 12.6. The van der Waals surface area contributed by atoms with Gasteiger partial charge in [0.25, 0.3) is 5.91 Å². The average Bonchev–Trinajstić information content (AvgIpc) is 3.53. The molecule has 5 rings (SSSR count). The number of nitrogens with zero attached hydrogens (tertiary/aromatic N) is 4. The van der Waals surface area contributed by atoms with Crippen LogP contribution >= 0.6 is 34.8 Å². The van der Waals surface area contributed by atoms with Gasteiger partial charge in [-0.05, 0) is 85.6 Å². The molecule has 0 aliphatic rings. The van der Waals surface area contributed by atoms with Crippen LogP contribution in [-0.4, -0.2) is 34.2 Å². The van der Waals surface area contributed by atoms with E-state index in [1.165, 1.54) is 34.8 Å². The number of hydrazone groups is 1. The van der Waals surface area contributed by atoms with Gasteiger partial charge in [-0.3, -0.25) is 9.20 Å². The highest BCUT2D eigenvalue weighted by molar-refractivity contribution is 7.89. The molecule has 0 bridgehead atoms. The Morgan fingerprint density at radius 3 is 2.50 bits per heavy atom. The van der Waals surface area contributed by atoms with Gasteiger partial charge in [-0.1, -0.05) is 40.9 Å². The van der Waals surface area contributed by atoms with Crippen molar-refractivity contribution < 1.29 is 17.6 Å². The van der Waals surface area contributed by atoms with Crippen LogP contribution < -0.4 is 5.43 Å². The van der Waals surface area contributed by atoms with Crippen LogP contribution in [0.4, 0.5) is 0 Å². The number of furan rings is 1. The zero-order valence-electron chi connectivity index (χ0n) is 22.4. The van der Waals surface area contributed by atoms with Crippen LogP contribution in [-0.2, 0) is 23.1 Å². The van der Waals surface area contributed by atoms with E-state index in [0.29, 0.717) is 49.2 Å².